The van der Waals surface area contributed by atoms with Gasteiger partial charge in [0, 0.05) is 20.1 Å². The zero-order chi connectivity index (χ0) is 11.7. The number of nitrogen functional groups attached to an aromatic ring is 1. The molecule has 1 heterocycles. The quantitative estimate of drug-likeness (QED) is 0.829. The van der Waals surface area contributed by atoms with Gasteiger partial charge in [0.25, 0.3) is 0 Å². The van der Waals surface area contributed by atoms with Gasteiger partial charge in [-0.2, -0.15) is 5.10 Å². The minimum atomic E-state index is 0.844. The SMILES string of the molecule is CCCn1nc(C)c(N)c1N(C)CC1CC1. The van der Waals surface area contributed by atoms with E-state index in [1.165, 1.54) is 12.8 Å². The molecule has 0 amide bonds. The van der Waals surface area contributed by atoms with E-state index in [1.54, 1.807) is 0 Å². The van der Waals surface area contributed by atoms with E-state index in [2.05, 4.69) is 24.0 Å². The van der Waals surface area contributed by atoms with Crippen molar-refractivity contribution in [3.63, 3.8) is 0 Å². The molecule has 2 rings (SSSR count). The summed E-state index contributed by atoms with van der Waals surface area (Å²) < 4.78 is 2.05. The molecule has 0 spiro atoms. The third kappa shape index (κ3) is 2.15. The Morgan fingerprint density at radius 2 is 2.19 bits per heavy atom. The average Bonchev–Trinajstić information content (AvgIpc) is 2.97. The predicted octanol–water partition coefficient (Wildman–Crippen LogP) is 2.03. The van der Waals surface area contributed by atoms with Crippen molar-refractivity contribution in [3.05, 3.63) is 5.69 Å². The van der Waals surface area contributed by atoms with E-state index < -0.39 is 0 Å². The van der Waals surface area contributed by atoms with E-state index in [0.29, 0.717) is 0 Å². The summed E-state index contributed by atoms with van der Waals surface area (Å²) in [6, 6.07) is 0. The maximum Gasteiger partial charge on any atom is 0.150 e. The molecule has 90 valence electrons. The summed E-state index contributed by atoms with van der Waals surface area (Å²) >= 11 is 0. The lowest BCUT2D eigenvalue weighted by atomic mass is 10.3. The molecule has 0 unspecified atom stereocenters. The number of hydrogen-bond acceptors (Lipinski definition) is 3. The van der Waals surface area contributed by atoms with Gasteiger partial charge in [-0.15, -0.1) is 0 Å². The normalized spacial score (nSPS) is 15.4. The standard InChI is InChI=1S/C12H22N4/c1-4-7-16-12(11(13)9(2)14-16)15(3)8-10-5-6-10/h10H,4-8,13H2,1-3H3. The Hall–Kier alpha value is -1.19. The minimum Gasteiger partial charge on any atom is -0.394 e. The molecule has 4 nitrogen and oxygen atoms in total. The molecule has 0 aromatic carbocycles. The van der Waals surface area contributed by atoms with Crippen LogP contribution in [0, 0.1) is 12.8 Å². The van der Waals surface area contributed by atoms with Crippen molar-refractivity contribution in [2.45, 2.75) is 39.7 Å². The third-order valence-electron chi connectivity index (χ3n) is 3.17. The Morgan fingerprint density at radius 3 is 2.75 bits per heavy atom. The van der Waals surface area contributed by atoms with Gasteiger partial charge in [-0.25, -0.2) is 4.68 Å². The Balaban J connectivity index is 2.20. The zero-order valence-corrected chi connectivity index (χ0v) is 10.5. The van der Waals surface area contributed by atoms with Gasteiger partial charge in [-0.05, 0) is 32.1 Å². The van der Waals surface area contributed by atoms with E-state index in [0.717, 1.165) is 42.6 Å². The second kappa shape index (κ2) is 4.36. The molecule has 4 heteroatoms. The summed E-state index contributed by atoms with van der Waals surface area (Å²) in [6.45, 7) is 6.20. The molecule has 1 aliphatic carbocycles. The van der Waals surface area contributed by atoms with Crippen LogP contribution in [-0.2, 0) is 6.54 Å². The second-order valence-electron chi connectivity index (χ2n) is 4.87. The Labute approximate surface area is 97.4 Å². The zero-order valence-electron chi connectivity index (χ0n) is 10.5. The number of aryl methyl sites for hydroxylation is 2. The number of hydrogen-bond donors (Lipinski definition) is 1. The van der Waals surface area contributed by atoms with Gasteiger partial charge in [0.05, 0.1) is 11.4 Å². The number of rotatable bonds is 5. The van der Waals surface area contributed by atoms with Gasteiger partial charge >= 0.3 is 0 Å². The van der Waals surface area contributed by atoms with Crippen molar-refractivity contribution in [2.24, 2.45) is 5.92 Å². The first kappa shape index (κ1) is 11.3. The molecule has 0 radical (unpaired) electrons. The lowest BCUT2D eigenvalue weighted by molar-refractivity contribution is 0.588. The predicted molar refractivity (Wildman–Crippen MR) is 67.7 cm³/mol. The molecule has 0 atom stereocenters. The maximum absolute atomic E-state index is 6.11. The van der Waals surface area contributed by atoms with Crippen LogP contribution < -0.4 is 10.6 Å². The Morgan fingerprint density at radius 1 is 1.50 bits per heavy atom. The lowest BCUT2D eigenvalue weighted by Gasteiger charge is -2.20. The van der Waals surface area contributed by atoms with Crippen LogP contribution in [-0.4, -0.2) is 23.4 Å². The molecular weight excluding hydrogens is 200 g/mol. The van der Waals surface area contributed by atoms with Crippen molar-refractivity contribution < 1.29 is 0 Å². The topological polar surface area (TPSA) is 47.1 Å². The van der Waals surface area contributed by atoms with E-state index in [4.69, 9.17) is 5.73 Å². The minimum absolute atomic E-state index is 0.844. The number of nitrogens with zero attached hydrogens (tertiary/aromatic N) is 3. The number of nitrogens with two attached hydrogens (primary N) is 1. The largest absolute Gasteiger partial charge is 0.394 e. The van der Waals surface area contributed by atoms with Crippen LogP contribution in [0.25, 0.3) is 0 Å². The molecule has 0 bridgehead atoms. The van der Waals surface area contributed by atoms with Gasteiger partial charge in [-0.1, -0.05) is 6.92 Å². The first-order valence-corrected chi connectivity index (χ1v) is 6.17. The van der Waals surface area contributed by atoms with E-state index in [1.807, 2.05) is 11.6 Å². The van der Waals surface area contributed by atoms with Gasteiger partial charge in [0.15, 0.2) is 0 Å². The Kier molecular flexibility index (Phi) is 3.08. The van der Waals surface area contributed by atoms with E-state index in [9.17, 15) is 0 Å². The maximum atomic E-state index is 6.11. The van der Waals surface area contributed by atoms with Crippen LogP contribution in [0.5, 0.6) is 0 Å². The van der Waals surface area contributed by atoms with Crippen molar-refractivity contribution in [2.75, 3.05) is 24.2 Å². The number of anilines is 2. The van der Waals surface area contributed by atoms with Crippen molar-refractivity contribution in [1.82, 2.24) is 9.78 Å². The molecule has 0 saturated heterocycles. The fourth-order valence-electron chi connectivity index (χ4n) is 2.13. The number of aromatic nitrogens is 2. The summed E-state index contributed by atoms with van der Waals surface area (Å²) in [5.41, 5.74) is 7.90. The summed E-state index contributed by atoms with van der Waals surface area (Å²) in [4.78, 5) is 2.27. The van der Waals surface area contributed by atoms with Crippen LogP contribution >= 0.6 is 0 Å². The Bertz CT molecular complexity index is 365. The third-order valence-corrected chi connectivity index (χ3v) is 3.17. The van der Waals surface area contributed by atoms with E-state index >= 15 is 0 Å². The molecule has 1 aliphatic rings. The van der Waals surface area contributed by atoms with Crippen LogP contribution in [0.15, 0.2) is 0 Å². The molecule has 16 heavy (non-hydrogen) atoms. The lowest BCUT2D eigenvalue weighted by Crippen LogP contribution is -2.24. The van der Waals surface area contributed by atoms with Crippen molar-refractivity contribution in [1.29, 1.82) is 0 Å². The monoisotopic (exact) mass is 222 g/mol. The molecule has 1 saturated carbocycles. The molecule has 1 fully saturated rings. The second-order valence-corrected chi connectivity index (χ2v) is 4.87. The average molecular weight is 222 g/mol. The van der Waals surface area contributed by atoms with Crippen molar-refractivity contribution in [3.8, 4) is 0 Å². The molecule has 1 aromatic rings. The van der Waals surface area contributed by atoms with Crippen LogP contribution in [0.1, 0.15) is 31.9 Å². The highest BCUT2D eigenvalue weighted by Crippen LogP contribution is 2.33. The van der Waals surface area contributed by atoms with Gasteiger partial charge in [-0.3, -0.25) is 0 Å². The summed E-state index contributed by atoms with van der Waals surface area (Å²) in [7, 11) is 2.12. The fraction of sp³-hybridized carbons (Fsp3) is 0.750. The van der Waals surface area contributed by atoms with Crippen LogP contribution in [0.4, 0.5) is 11.5 Å². The first-order chi connectivity index (χ1) is 7.63. The highest BCUT2D eigenvalue weighted by atomic mass is 15.4. The molecular formula is C12H22N4. The molecule has 2 N–H and O–H groups in total. The molecule has 1 aromatic heterocycles. The van der Waals surface area contributed by atoms with E-state index in [-0.39, 0.29) is 0 Å². The summed E-state index contributed by atoms with van der Waals surface area (Å²) in [5, 5.41) is 4.50. The van der Waals surface area contributed by atoms with Crippen LogP contribution in [0.2, 0.25) is 0 Å². The first-order valence-electron chi connectivity index (χ1n) is 6.17. The summed E-state index contributed by atoms with van der Waals surface area (Å²) in [5.74, 6) is 1.97. The van der Waals surface area contributed by atoms with Gasteiger partial charge in [0.1, 0.15) is 5.82 Å². The highest BCUT2D eigenvalue weighted by Gasteiger charge is 2.25. The van der Waals surface area contributed by atoms with Gasteiger partial charge < -0.3 is 10.6 Å². The fourth-order valence-corrected chi connectivity index (χ4v) is 2.13. The summed E-state index contributed by atoms with van der Waals surface area (Å²) in [6.07, 6.45) is 3.82. The highest BCUT2D eigenvalue weighted by molar-refractivity contribution is 5.65. The van der Waals surface area contributed by atoms with Crippen LogP contribution in [0.3, 0.4) is 0 Å². The molecule has 0 aliphatic heterocycles. The van der Waals surface area contributed by atoms with Crippen molar-refractivity contribution >= 4 is 11.5 Å². The smallest absolute Gasteiger partial charge is 0.150 e. The van der Waals surface area contributed by atoms with Gasteiger partial charge in [0.2, 0.25) is 0 Å².